The van der Waals surface area contributed by atoms with Crippen LogP contribution in [-0.2, 0) is 6.54 Å². The van der Waals surface area contributed by atoms with E-state index >= 15 is 0 Å². The first-order valence-corrected chi connectivity index (χ1v) is 8.68. The molecule has 1 amide bonds. The van der Waals surface area contributed by atoms with Crippen molar-refractivity contribution in [1.82, 2.24) is 19.4 Å². The number of halogens is 1. The van der Waals surface area contributed by atoms with Gasteiger partial charge in [-0.05, 0) is 35.0 Å². The summed E-state index contributed by atoms with van der Waals surface area (Å²) in [5, 5.41) is 0. The summed E-state index contributed by atoms with van der Waals surface area (Å²) in [6.07, 6.45) is 3.85. The molecule has 1 aromatic carbocycles. The number of hydrogen-bond donors (Lipinski definition) is 0. The molecular formula is C17H21BrN4O. The fourth-order valence-electron chi connectivity index (χ4n) is 2.87. The highest BCUT2D eigenvalue weighted by Gasteiger charge is 2.23. The summed E-state index contributed by atoms with van der Waals surface area (Å²) in [7, 11) is 0. The molecule has 1 aromatic heterocycles. The van der Waals surface area contributed by atoms with Gasteiger partial charge in [-0.3, -0.25) is 9.69 Å². The quantitative estimate of drug-likeness (QED) is 0.822. The molecule has 0 N–H and O–H groups in total. The number of aryl methyl sites for hydroxylation is 1. The lowest BCUT2D eigenvalue weighted by Gasteiger charge is -2.35. The lowest BCUT2D eigenvalue weighted by Crippen LogP contribution is -2.49. The molecule has 0 bridgehead atoms. The zero-order valence-electron chi connectivity index (χ0n) is 13.3. The molecule has 0 spiro atoms. The van der Waals surface area contributed by atoms with Crippen LogP contribution in [0.2, 0.25) is 0 Å². The van der Waals surface area contributed by atoms with Crippen molar-refractivity contribution in [3.05, 3.63) is 52.5 Å². The molecule has 1 aliphatic rings. The van der Waals surface area contributed by atoms with E-state index in [9.17, 15) is 4.79 Å². The Labute approximate surface area is 145 Å². The van der Waals surface area contributed by atoms with Crippen molar-refractivity contribution in [2.24, 2.45) is 0 Å². The Bertz CT molecular complexity index is 677. The van der Waals surface area contributed by atoms with Crippen molar-refractivity contribution in [2.75, 3.05) is 32.7 Å². The first kappa shape index (κ1) is 16.2. The number of benzene rings is 1. The maximum Gasteiger partial charge on any atom is 0.255 e. The molecule has 1 fully saturated rings. The van der Waals surface area contributed by atoms with E-state index in [4.69, 9.17) is 0 Å². The summed E-state index contributed by atoms with van der Waals surface area (Å²) < 4.78 is 3.03. The van der Waals surface area contributed by atoms with E-state index in [1.807, 2.05) is 48.5 Å². The van der Waals surface area contributed by atoms with Crippen LogP contribution in [0.5, 0.6) is 0 Å². The van der Waals surface area contributed by atoms with E-state index in [0.717, 1.165) is 55.1 Å². The van der Waals surface area contributed by atoms with E-state index < -0.39 is 0 Å². The van der Waals surface area contributed by atoms with Gasteiger partial charge >= 0.3 is 0 Å². The smallest absolute Gasteiger partial charge is 0.255 e. The van der Waals surface area contributed by atoms with Crippen LogP contribution < -0.4 is 0 Å². The van der Waals surface area contributed by atoms with Gasteiger partial charge in [0.15, 0.2) is 0 Å². The number of amides is 1. The number of imidazole rings is 1. The molecule has 5 nitrogen and oxygen atoms in total. The molecule has 23 heavy (non-hydrogen) atoms. The van der Waals surface area contributed by atoms with Crippen LogP contribution in [0.15, 0.2) is 41.1 Å². The van der Waals surface area contributed by atoms with Crippen LogP contribution in [0.25, 0.3) is 0 Å². The maximum absolute atomic E-state index is 12.6. The molecule has 1 aliphatic heterocycles. The van der Waals surface area contributed by atoms with E-state index in [0.29, 0.717) is 0 Å². The van der Waals surface area contributed by atoms with E-state index in [2.05, 4.69) is 30.4 Å². The molecule has 122 valence electrons. The molecule has 2 aromatic rings. The first-order chi connectivity index (χ1) is 11.1. The third-order valence-corrected chi connectivity index (χ3v) is 5.04. The number of piperazine rings is 1. The number of nitrogens with zero attached hydrogens (tertiary/aromatic N) is 4. The standard InChI is InChI=1S/C17H21BrN4O/c1-14-19-6-7-21(14)11-8-20-9-12-22(13-10-20)17(23)15-4-2-3-5-16(15)18/h2-7H,8-13H2,1H3. The van der Waals surface area contributed by atoms with Crippen molar-refractivity contribution in [3.8, 4) is 0 Å². The molecule has 0 saturated carbocycles. The van der Waals surface area contributed by atoms with Crippen LogP contribution in [0.3, 0.4) is 0 Å². The molecule has 6 heteroatoms. The lowest BCUT2D eigenvalue weighted by atomic mass is 10.2. The highest BCUT2D eigenvalue weighted by Crippen LogP contribution is 2.18. The third kappa shape index (κ3) is 3.82. The summed E-state index contributed by atoms with van der Waals surface area (Å²) in [5.41, 5.74) is 0.745. The molecule has 0 radical (unpaired) electrons. The normalized spacial score (nSPS) is 15.8. The van der Waals surface area contributed by atoms with E-state index in [1.54, 1.807) is 0 Å². The minimum absolute atomic E-state index is 0.113. The van der Waals surface area contributed by atoms with Gasteiger partial charge in [0, 0.05) is 56.1 Å². The Morgan fingerprint density at radius 3 is 2.57 bits per heavy atom. The van der Waals surface area contributed by atoms with Gasteiger partial charge in [-0.15, -0.1) is 0 Å². The van der Waals surface area contributed by atoms with Crippen LogP contribution >= 0.6 is 15.9 Å². The Hall–Kier alpha value is -1.66. The number of aromatic nitrogens is 2. The largest absolute Gasteiger partial charge is 0.336 e. The number of carbonyl (C=O) groups excluding carboxylic acids is 1. The second-order valence-electron chi connectivity index (χ2n) is 5.78. The van der Waals surface area contributed by atoms with E-state index in [1.165, 1.54) is 0 Å². The predicted octanol–water partition coefficient (Wildman–Crippen LogP) is 2.41. The minimum Gasteiger partial charge on any atom is -0.336 e. The lowest BCUT2D eigenvalue weighted by molar-refractivity contribution is 0.0632. The molecule has 1 saturated heterocycles. The number of hydrogen-bond acceptors (Lipinski definition) is 3. The Morgan fingerprint density at radius 2 is 1.91 bits per heavy atom. The van der Waals surface area contributed by atoms with Gasteiger partial charge < -0.3 is 9.47 Å². The summed E-state index contributed by atoms with van der Waals surface area (Å²) in [6, 6.07) is 7.62. The molecule has 3 rings (SSSR count). The Balaban J connectivity index is 1.51. The molecule has 0 unspecified atom stereocenters. The molecular weight excluding hydrogens is 356 g/mol. The zero-order valence-corrected chi connectivity index (χ0v) is 14.9. The van der Waals surface area contributed by atoms with Crippen molar-refractivity contribution in [1.29, 1.82) is 0 Å². The van der Waals surface area contributed by atoms with Gasteiger partial charge in [0.25, 0.3) is 5.91 Å². The van der Waals surface area contributed by atoms with Crippen molar-refractivity contribution < 1.29 is 4.79 Å². The average molecular weight is 377 g/mol. The van der Waals surface area contributed by atoms with Gasteiger partial charge in [0.05, 0.1) is 5.56 Å². The van der Waals surface area contributed by atoms with Crippen LogP contribution in [0, 0.1) is 6.92 Å². The second-order valence-corrected chi connectivity index (χ2v) is 6.64. The first-order valence-electron chi connectivity index (χ1n) is 7.89. The summed E-state index contributed by atoms with van der Waals surface area (Å²) in [6.45, 7) is 7.37. The van der Waals surface area contributed by atoms with Crippen LogP contribution in [0.4, 0.5) is 0 Å². The average Bonchev–Trinajstić information content (AvgIpc) is 2.98. The molecule has 0 aliphatic carbocycles. The fourth-order valence-corrected chi connectivity index (χ4v) is 3.32. The van der Waals surface area contributed by atoms with Gasteiger partial charge in [0.1, 0.15) is 5.82 Å². The highest BCUT2D eigenvalue weighted by atomic mass is 79.9. The third-order valence-electron chi connectivity index (χ3n) is 4.34. The molecule has 2 heterocycles. The Kier molecular flexibility index (Phi) is 5.13. The summed E-state index contributed by atoms with van der Waals surface area (Å²) in [5.74, 6) is 1.16. The zero-order chi connectivity index (χ0) is 16.2. The van der Waals surface area contributed by atoms with Gasteiger partial charge in [-0.2, -0.15) is 0 Å². The van der Waals surface area contributed by atoms with Crippen molar-refractivity contribution >= 4 is 21.8 Å². The number of carbonyl (C=O) groups is 1. The maximum atomic E-state index is 12.6. The van der Waals surface area contributed by atoms with Crippen LogP contribution in [0.1, 0.15) is 16.2 Å². The van der Waals surface area contributed by atoms with Gasteiger partial charge in [-0.25, -0.2) is 4.98 Å². The van der Waals surface area contributed by atoms with Crippen molar-refractivity contribution in [2.45, 2.75) is 13.5 Å². The number of rotatable bonds is 4. The Morgan fingerprint density at radius 1 is 1.17 bits per heavy atom. The topological polar surface area (TPSA) is 41.4 Å². The highest BCUT2D eigenvalue weighted by molar-refractivity contribution is 9.10. The molecule has 0 atom stereocenters. The van der Waals surface area contributed by atoms with Crippen LogP contribution in [-0.4, -0.2) is 58.0 Å². The van der Waals surface area contributed by atoms with Crippen molar-refractivity contribution in [3.63, 3.8) is 0 Å². The summed E-state index contributed by atoms with van der Waals surface area (Å²) in [4.78, 5) is 21.2. The fraction of sp³-hybridized carbons (Fsp3) is 0.412. The second kappa shape index (κ2) is 7.27. The SMILES string of the molecule is Cc1nccn1CCN1CCN(C(=O)c2ccccc2Br)CC1. The minimum atomic E-state index is 0.113. The van der Waals surface area contributed by atoms with Gasteiger partial charge in [-0.1, -0.05) is 12.1 Å². The van der Waals surface area contributed by atoms with Gasteiger partial charge in [0.2, 0.25) is 0 Å². The monoisotopic (exact) mass is 376 g/mol. The summed E-state index contributed by atoms with van der Waals surface area (Å²) >= 11 is 3.46. The van der Waals surface area contributed by atoms with E-state index in [-0.39, 0.29) is 5.91 Å². The predicted molar refractivity (Wildman–Crippen MR) is 93.4 cm³/mol.